The van der Waals surface area contributed by atoms with Gasteiger partial charge in [0.25, 0.3) is 0 Å². The molecular formula is C16H22N4O2S. The van der Waals surface area contributed by atoms with Crippen molar-refractivity contribution < 1.29 is 9.47 Å². The lowest BCUT2D eigenvalue weighted by Gasteiger charge is -2.11. The van der Waals surface area contributed by atoms with E-state index in [1.165, 1.54) is 0 Å². The summed E-state index contributed by atoms with van der Waals surface area (Å²) in [4.78, 5) is 0. The second-order valence-corrected chi connectivity index (χ2v) is 6.57. The summed E-state index contributed by atoms with van der Waals surface area (Å²) < 4.78 is 12.7. The molecule has 0 bridgehead atoms. The van der Waals surface area contributed by atoms with Gasteiger partial charge in [-0.05, 0) is 30.9 Å². The van der Waals surface area contributed by atoms with Crippen LogP contribution in [0.1, 0.15) is 18.7 Å². The van der Waals surface area contributed by atoms with Gasteiger partial charge in [0.05, 0.1) is 19.3 Å². The molecule has 0 radical (unpaired) electrons. The highest BCUT2D eigenvalue weighted by atomic mass is 32.2. The number of nitrogens with two attached hydrogens (primary N) is 1. The highest BCUT2D eigenvalue weighted by Gasteiger charge is 2.17. The van der Waals surface area contributed by atoms with Crippen molar-refractivity contribution in [3.05, 3.63) is 30.1 Å². The van der Waals surface area contributed by atoms with E-state index in [0.29, 0.717) is 12.5 Å². The first-order valence-corrected chi connectivity index (χ1v) is 8.79. The van der Waals surface area contributed by atoms with Gasteiger partial charge in [-0.3, -0.25) is 4.57 Å². The van der Waals surface area contributed by atoms with Crippen LogP contribution in [0.5, 0.6) is 5.75 Å². The van der Waals surface area contributed by atoms with E-state index < -0.39 is 0 Å². The number of ether oxygens (including phenoxy) is 2. The molecule has 23 heavy (non-hydrogen) atoms. The number of benzene rings is 1. The zero-order chi connectivity index (χ0) is 16.1. The molecule has 3 rings (SSSR count). The van der Waals surface area contributed by atoms with Crippen molar-refractivity contribution in [2.75, 3.05) is 26.1 Å². The minimum Gasteiger partial charge on any atom is -0.497 e. The van der Waals surface area contributed by atoms with E-state index >= 15 is 0 Å². The average Bonchev–Trinajstić information content (AvgIpc) is 3.24. The van der Waals surface area contributed by atoms with Crippen LogP contribution in [-0.2, 0) is 11.3 Å². The fourth-order valence-electron chi connectivity index (χ4n) is 2.66. The number of methoxy groups -OCH3 is 1. The van der Waals surface area contributed by atoms with E-state index in [-0.39, 0.29) is 0 Å². The maximum Gasteiger partial charge on any atom is 0.195 e. The largest absolute Gasteiger partial charge is 0.497 e. The van der Waals surface area contributed by atoms with Crippen molar-refractivity contribution in [2.45, 2.75) is 24.5 Å². The summed E-state index contributed by atoms with van der Waals surface area (Å²) in [5, 5.41) is 9.40. The van der Waals surface area contributed by atoms with Gasteiger partial charge in [0.15, 0.2) is 11.0 Å². The smallest absolute Gasteiger partial charge is 0.195 e. The minimum atomic E-state index is 0.348. The summed E-state index contributed by atoms with van der Waals surface area (Å²) in [6.45, 7) is 2.13. The highest BCUT2D eigenvalue weighted by molar-refractivity contribution is 7.99. The molecule has 0 spiro atoms. The van der Waals surface area contributed by atoms with E-state index in [4.69, 9.17) is 15.2 Å². The monoisotopic (exact) mass is 334 g/mol. The van der Waals surface area contributed by atoms with Crippen LogP contribution in [0, 0.1) is 5.92 Å². The maximum absolute atomic E-state index is 5.82. The van der Waals surface area contributed by atoms with Crippen molar-refractivity contribution in [3.8, 4) is 11.4 Å². The SMILES string of the molecule is COc1cccc(-n2c(CN)nnc2SCC[C@H]2CCOC2)c1. The summed E-state index contributed by atoms with van der Waals surface area (Å²) in [6, 6.07) is 7.86. The number of nitrogens with zero attached hydrogens (tertiary/aromatic N) is 3. The molecule has 1 aliphatic rings. The summed E-state index contributed by atoms with van der Waals surface area (Å²) in [5.41, 5.74) is 6.79. The Morgan fingerprint density at radius 3 is 3.09 bits per heavy atom. The molecule has 6 nitrogen and oxygen atoms in total. The Labute approximate surface area is 140 Å². The van der Waals surface area contributed by atoms with E-state index in [0.717, 1.165) is 54.2 Å². The van der Waals surface area contributed by atoms with Gasteiger partial charge in [0, 0.05) is 25.0 Å². The first-order chi connectivity index (χ1) is 11.3. The second kappa shape index (κ2) is 7.81. The maximum atomic E-state index is 5.82. The Kier molecular flexibility index (Phi) is 5.53. The molecule has 1 aliphatic heterocycles. The van der Waals surface area contributed by atoms with Crippen LogP contribution in [0.25, 0.3) is 5.69 Å². The lowest BCUT2D eigenvalue weighted by Crippen LogP contribution is -2.08. The molecule has 124 valence electrons. The van der Waals surface area contributed by atoms with Gasteiger partial charge in [-0.2, -0.15) is 0 Å². The molecule has 2 aromatic rings. The number of rotatable bonds is 7. The fourth-order valence-corrected chi connectivity index (χ4v) is 3.73. The number of thioether (sulfide) groups is 1. The van der Waals surface area contributed by atoms with Crippen LogP contribution in [0.15, 0.2) is 29.4 Å². The molecule has 0 aliphatic carbocycles. The van der Waals surface area contributed by atoms with Crippen LogP contribution in [-0.4, -0.2) is 40.8 Å². The van der Waals surface area contributed by atoms with Crippen molar-refractivity contribution in [1.29, 1.82) is 0 Å². The predicted octanol–water partition coefficient (Wildman–Crippen LogP) is 2.25. The first kappa shape index (κ1) is 16.3. The van der Waals surface area contributed by atoms with Crippen molar-refractivity contribution in [3.63, 3.8) is 0 Å². The number of hydrogen-bond acceptors (Lipinski definition) is 6. The Hall–Kier alpha value is -1.57. The quantitative estimate of drug-likeness (QED) is 0.783. The molecule has 1 aromatic carbocycles. The predicted molar refractivity (Wildman–Crippen MR) is 90.1 cm³/mol. The van der Waals surface area contributed by atoms with Crippen LogP contribution in [0.4, 0.5) is 0 Å². The van der Waals surface area contributed by atoms with Gasteiger partial charge in [-0.25, -0.2) is 0 Å². The molecule has 2 heterocycles. The summed E-state index contributed by atoms with van der Waals surface area (Å²) in [5.74, 6) is 3.23. The normalized spacial score (nSPS) is 17.6. The Morgan fingerprint density at radius 2 is 2.35 bits per heavy atom. The van der Waals surface area contributed by atoms with E-state index in [9.17, 15) is 0 Å². The fraction of sp³-hybridized carbons (Fsp3) is 0.500. The van der Waals surface area contributed by atoms with Gasteiger partial charge in [-0.1, -0.05) is 17.8 Å². The van der Waals surface area contributed by atoms with Crippen LogP contribution in [0.2, 0.25) is 0 Å². The molecule has 1 aromatic heterocycles. The standard InChI is InChI=1S/C16H22N4O2S/c1-21-14-4-2-3-13(9-14)20-15(10-17)18-19-16(20)23-8-6-12-5-7-22-11-12/h2-4,9,12H,5-8,10-11,17H2,1H3/t12-/m1/s1. The minimum absolute atomic E-state index is 0.348. The second-order valence-electron chi connectivity index (χ2n) is 5.51. The molecule has 0 unspecified atom stereocenters. The Balaban J connectivity index is 1.76. The number of aromatic nitrogens is 3. The van der Waals surface area contributed by atoms with Gasteiger partial charge in [0.2, 0.25) is 0 Å². The van der Waals surface area contributed by atoms with Gasteiger partial charge in [0.1, 0.15) is 5.75 Å². The summed E-state index contributed by atoms with van der Waals surface area (Å²) in [7, 11) is 1.66. The molecule has 1 fully saturated rings. The molecule has 1 saturated heterocycles. The molecule has 0 saturated carbocycles. The van der Waals surface area contributed by atoms with Crippen LogP contribution < -0.4 is 10.5 Å². The van der Waals surface area contributed by atoms with Crippen LogP contribution >= 0.6 is 11.8 Å². The molecule has 7 heteroatoms. The highest BCUT2D eigenvalue weighted by Crippen LogP contribution is 2.27. The summed E-state index contributed by atoms with van der Waals surface area (Å²) >= 11 is 1.72. The third-order valence-corrected chi connectivity index (χ3v) is 4.94. The Morgan fingerprint density at radius 1 is 1.43 bits per heavy atom. The third-order valence-electron chi connectivity index (χ3n) is 3.98. The van der Waals surface area contributed by atoms with E-state index in [2.05, 4.69) is 10.2 Å². The van der Waals surface area contributed by atoms with Crippen LogP contribution in [0.3, 0.4) is 0 Å². The lowest BCUT2D eigenvalue weighted by molar-refractivity contribution is 0.185. The average molecular weight is 334 g/mol. The summed E-state index contributed by atoms with van der Waals surface area (Å²) in [6.07, 6.45) is 2.30. The zero-order valence-corrected chi connectivity index (χ0v) is 14.1. The topological polar surface area (TPSA) is 75.2 Å². The van der Waals surface area contributed by atoms with Crippen molar-refractivity contribution in [2.24, 2.45) is 11.7 Å². The van der Waals surface area contributed by atoms with Gasteiger partial charge >= 0.3 is 0 Å². The number of hydrogen-bond donors (Lipinski definition) is 1. The Bertz CT molecular complexity index is 641. The third kappa shape index (κ3) is 3.85. The van der Waals surface area contributed by atoms with Crippen molar-refractivity contribution >= 4 is 11.8 Å². The zero-order valence-electron chi connectivity index (χ0n) is 13.3. The van der Waals surface area contributed by atoms with Crippen molar-refractivity contribution in [1.82, 2.24) is 14.8 Å². The molecule has 1 atom stereocenters. The van der Waals surface area contributed by atoms with E-state index in [1.54, 1.807) is 18.9 Å². The van der Waals surface area contributed by atoms with E-state index in [1.807, 2.05) is 28.8 Å². The molecule has 0 amide bonds. The molecule has 2 N–H and O–H groups in total. The molecular weight excluding hydrogens is 312 g/mol. The first-order valence-electron chi connectivity index (χ1n) is 7.81. The lowest BCUT2D eigenvalue weighted by atomic mass is 10.1. The van der Waals surface area contributed by atoms with Gasteiger partial charge in [-0.15, -0.1) is 10.2 Å². The van der Waals surface area contributed by atoms with Gasteiger partial charge < -0.3 is 15.2 Å².